The van der Waals surface area contributed by atoms with Crippen LogP contribution in [0.3, 0.4) is 0 Å². The summed E-state index contributed by atoms with van der Waals surface area (Å²) in [4.78, 5) is 5.29. The highest BCUT2D eigenvalue weighted by atomic mass is 32.2. The third kappa shape index (κ3) is 4.13. The van der Waals surface area contributed by atoms with Gasteiger partial charge in [-0.05, 0) is 43.0 Å². The quantitative estimate of drug-likeness (QED) is 0.882. The minimum absolute atomic E-state index is 0.127. The third-order valence-corrected chi connectivity index (χ3v) is 5.87. The van der Waals surface area contributed by atoms with Gasteiger partial charge in [-0.1, -0.05) is 6.07 Å². The highest BCUT2D eigenvalue weighted by molar-refractivity contribution is 7.89. The molecule has 1 saturated heterocycles. The molecule has 2 heterocycles. The van der Waals surface area contributed by atoms with Gasteiger partial charge in [-0.2, -0.15) is 0 Å². The first kappa shape index (κ1) is 17.8. The standard InChI is InChI=1S/C17H19F2N3O2S/c18-15-2-1-3-16(19)17(15)25(23,24)21-12-13-6-10-22(11-7-13)14-4-8-20-9-5-14/h1-5,8-9,13,21H,6-7,10-12H2. The summed E-state index contributed by atoms with van der Waals surface area (Å²) in [7, 11) is -4.21. The van der Waals surface area contributed by atoms with E-state index in [1.54, 1.807) is 12.4 Å². The van der Waals surface area contributed by atoms with E-state index >= 15 is 0 Å². The Morgan fingerprint density at radius 2 is 1.68 bits per heavy atom. The fourth-order valence-corrected chi connectivity index (χ4v) is 4.24. The van der Waals surface area contributed by atoms with Crippen molar-refractivity contribution >= 4 is 15.7 Å². The molecule has 1 aliphatic rings. The number of sulfonamides is 1. The topological polar surface area (TPSA) is 62.3 Å². The second kappa shape index (κ2) is 7.45. The number of halogens is 2. The third-order valence-electron chi connectivity index (χ3n) is 4.39. The van der Waals surface area contributed by atoms with E-state index in [9.17, 15) is 17.2 Å². The van der Waals surface area contributed by atoms with E-state index in [1.165, 1.54) is 0 Å². The summed E-state index contributed by atoms with van der Waals surface area (Å²) < 4.78 is 54.1. The lowest BCUT2D eigenvalue weighted by molar-refractivity contribution is 0.401. The maximum Gasteiger partial charge on any atom is 0.246 e. The summed E-state index contributed by atoms with van der Waals surface area (Å²) in [6.45, 7) is 1.76. The van der Waals surface area contributed by atoms with Gasteiger partial charge in [-0.15, -0.1) is 0 Å². The van der Waals surface area contributed by atoms with E-state index in [0.717, 1.165) is 49.8 Å². The van der Waals surface area contributed by atoms with Gasteiger partial charge in [0.2, 0.25) is 10.0 Å². The first-order valence-electron chi connectivity index (χ1n) is 8.06. The van der Waals surface area contributed by atoms with Crippen molar-refractivity contribution in [2.75, 3.05) is 24.5 Å². The van der Waals surface area contributed by atoms with Crippen LogP contribution in [0, 0.1) is 17.6 Å². The van der Waals surface area contributed by atoms with Gasteiger partial charge in [-0.25, -0.2) is 21.9 Å². The number of nitrogens with zero attached hydrogens (tertiary/aromatic N) is 2. The van der Waals surface area contributed by atoms with Crippen molar-refractivity contribution in [3.8, 4) is 0 Å². The molecule has 0 bridgehead atoms. The van der Waals surface area contributed by atoms with E-state index in [-0.39, 0.29) is 12.5 Å². The summed E-state index contributed by atoms with van der Waals surface area (Å²) in [5, 5.41) is 0. The van der Waals surface area contributed by atoms with Crippen LogP contribution in [0.2, 0.25) is 0 Å². The van der Waals surface area contributed by atoms with Crippen LogP contribution in [-0.4, -0.2) is 33.0 Å². The molecule has 0 saturated carbocycles. The Labute approximate surface area is 145 Å². The van der Waals surface area contributed by atoms with Crippen LogP contribution in [0.15, 0.2) is 47.6 Å². The van der Waals surface area contributed by atoms with Gasteiger partial charge in [0.25, 0.3) is 0 Å². The van der Waals surface area contributed by atoms with Crippen LogP contribution in [0.5, 0.6) is 0 Å². The van der Waals surface area contributed by atoms with Crippen LogP contribution in [0.4, 0.5) is 14.5 Å². The summed E-state index contributed by atoms with van der Waals surface area (Å²) in [5.41, 5.74) is 1.09. The number of hydrogen-bond acceptors (Lipinski definition) is 4. The summed E-state index contributed by atoms with van der Waals surface area (Å²) in [6, 6.07) is 6.88. The highest BCUT2D eigenvalue weighted by Gasteiger charge is 2.26. The fraction of sp³-hybridized carbons (Fsp3) is 0.353. The average molecular weight is 367 g/mol. The SMILES string of the molecule is O=S(=O)(NCC1CCN(c2ccncc2)CC1)c1c(F)cccc1F. The molecular formula is C17H19F2N3O2S. The average Bonchev–Trinajstić information content (AvgIpc) is 2.61. The molecule has 0 amide bonds. The maximum atomic E-state index is 13.7. The second-order valence-electron chi connectivity index (χ2n) is 6.04. The number of nitrogens with one attached hydrogen (secondary N) is 1. The molecule has 3 rings (SSSR count). The number of benzene rings is 1. The molecule has 1 N–H and O–H groups in total. The van der Waals surface area contributed by atoms with Crippen LogP contribution >= 0.6 is 0 Å². The van der Waals surface area contributed by atoms with Crippen LogP contribution < -0.4 is 9.62 Å². The molecule has 0 radical (unpaired) electrons. The summed E-state index contributed by atoms with van der Waals surface area (Å²) in [5.74, 6) is -2.04. The fourth-order valence-electron chi connectivity index (χ4n) is 2.99. The molecule has 134 valence electrons. The molecule has 2 aromatic rings. The second-order valence-corrected chi connectivity index (χ2v) is 7.74. The van der Waals surface area contributed by atoms with Gasteiger partial charge >= 0.3 is 0 Å². The van der Waals surface area contributed by atoms with Crippen molar-refractivity contribution in [1.82, 2.24) is 9.71 Å². The van der Waals surface area contributed by atoms with Gasteiger partial charge in [0.15, 0.2) is 4.90 Å². The molecule has 1 aromatic carbocycles. The summed E-state index contributed by atoms with van der Waals surface area (Å²) >= 11 is 0. The van der Waals surface area contributed by atoms with Crippen molar-refractivity contribution < 1.29 is 17.2 Å². The molecule has 25 heavy (non-hydrogen) atoms. The van der Waals surface area contributed by atoms with Crippen molar-refractivity contribution in [2.24, 2.45) is 5.92 Å². The molecule has 0 aliphatic carbocycles. The van der Waals surface area contributed by atoms with Crippen molar-refractivity contribution in [1.29, 1.82) is 0 Å². The zero-order valence-electron chi connectivity index (χ0n) is 13.5. The van der Waals surface area contributed by atoms with Crippen molar-refractivity contribution in [3.63, 3.8) is 0 Å². The molecule has 0 unspecified atom stereocenters. The van der Waals surface area contributed by atoms with Gasteiger partial charge in [0.05, 0.1) is 0 Å². The number of piperidine rings is 1. The zero-order chi connectivity index (χ0) is 17.9. The molecule has 0 spiro atoms. The van der Waals surface area contributed by atoms with Gasteiger partial charge < -0.3 is 4.90 Å². The van der Waals surface area contributed by atoms with Gasteiger partial charge in [0, 0.05) is 37.7 Å². The Hall–Kier alpha value is -2.06. The molecule has 0 atom stereocenters. The Balaban J connectivity index is 1.58. The lowest BCUT2D eigenvalue weighted by atomic mass is 9.97. The lowest BCUT2D eigenvalue weighted by Gasteiger charge is -2.33. The van der Waals surface area contributed by atoms with Gasteiger partial charge in [-0.3, -0.25) is 4.98 Å². The lowest BCUT2D eigenvalue weighted by Crippen LogP contribution is -2.39. The molecule has 1 fully saturated rings. The summed E-state index contributed by atoms with van der Waals surface area (Å²) in [6.07, 6.45) is 5.06. The Bertz CT molecular complexity index is 803. The monoisotopic (exact) mass is 367 g/mol. The van der Waals surface area contributed by atoms with E-state index in [4.69, 9.17) is 0 Å². The van der Waals surface area contributed by atoms with Crippen LogP contribution in [-0.2, 0) is 10.0 Å². The minimum Gasteiger partial charge on any atom is -0.371 e. The van der Waals surface area contributed by atoms with E-state index in [0.29, 0.717) is 0 Å². The number of aromatic nitrogens is 1. The van der Waals surface area contributed by atoms with Gasteiger partial charge in [0.1, 0.15) is 11.6 Å². The molecule has 1 aromatic heterocycles. The Morgan fingerprint density at radius 3 is 2.28 bits per heavy atom. The first-order valence-corrected chi connectivity index (χ1v) is 9.54. The van der Waals surface area contributed by atoms with Crippen molar-refractivity contribution in [2.45, 2.75) is 17.7 Å². The zero-order valence-corrected chi connectivity index (χ0v) is 14.3. The number of hydrogen-bond donors (Lipinski definition) is 1. The first-order chi connectivity index (χ1) is 12.0. The molecule has 1 aliphatic heterocycles. The van der Waals surface area contributed by atoms with E-state index < -0.39 is 26.6 Å². The largest absolute Gasteiger partial charge is 0.371 e. The maximum absolute atomic E-state index is 13.7. The van der Waals surface area contributed by atoms with Crippen LogP contribution in [0.1, 0.15) is 12.8 Å². The number of rotatable bonds is 5. The molecular weight excluding hydrogens is 348 g/mol. The molecule has 5 nitrogen and oxygen atoms in total. The normalized spacial score (nSPS) is 16.2. The van der Waals surface area contributed by atoms with E-state index in [2.05, 4.69) is 14.6 Å². The Morgan fingerprint density at radius 1 is 1.08 bits per heavy atom. The predicted octanol–water partition coefficient (Wildman–Crippen LogP) is 2.55. The minimum atomic E-state index is -4.21. The highest BCUT2D eigenvalue weighted by Crippen LogP contribution is 2.23. The van der Waals surface area contributed by atoms with Crippen LogP contribution in [0.25, 0.3) is 0 Å². The van der Waals surface area contributed by atoms with Crippen molar-refractivity contribution in [3.05, 3.63) is 54.4 Å². The smallest absolute Gasteiger partial charge is 0.246 e. The predicted molar refractivity (Wildman–Crippen MR) is 90.7 cm³/mol. The number of pyridine rings is 1. The molecule has 8 heteroatoms. The van der Waals surface area contributed by atoms with E-state index in [1.807, 2.05) is 12.1 Å². The Kier molecular flexibility index (Phi) is 5.29. The number of anilines is 1.